The maximum atomic E-state index is 11.6. The first kappa shape index (κ1) is 18.7. The number of hydrogen-bond acceptors (Lipinski definition) is 5. The van der Waals surface area contributed by atoms with Gasteiger partial charge in [0.1, 0.15) is 0 Å². The van der Waals surface area contributed by atoms with Gasteiger partial charge in [-0.3, -0.25) is 5.01 Å². The molecule has 7 nitrogen and oxygen atoms in total. The Bertz CT molecular complexity index is 563. The Morgan fingerprint density at radius 3 is 2.16 bits per heavy atom. The molecule has 0 atom stereocenters. The zero-order chi connectivity index (χ0) is 13.8. The molecule has 0 unspecified atom stereocenters. The van der Waals surface area contributed by atoms with Gasteiger partial charge in [0.05, 0.1) is 10.6 Å². The summed E-state index contributed by atoms with van der Waals surface area (Å²) in [6.07, 6.45) is 0. The van der Waals surface area contributed by atoms with Crippen LogP contribution in [0, 0.1) is 0 Å². The van der Waals surface area contributed by atoms with Gasteiger partial charge >= 0.3 is 51.4 Å². The molecule has 9 heteroatoms. The van der Waals surface area contributed by atoms with Crippen LogP contribution in [0.4, 0.5) is 5.69 Å². The van der Waals surface area contributed by atoms with Gasteiger partial charge in [-0.15, -0.1) is 5.11 Å². The number of hydrogen-bond donors (Lipinski definition) is 0. The van der Waals surface area contributed by atoms with E-state index in [1.54, 1.807) is 14.1 Å². The molecule has 1 aromatic rings. The van der Waals surface area contributed by atoms with Gasteiger partial charge in [-0.2, -0.15) is 12.8 Å². The van der Waals surface area contributed by atoms with Crippen molar-refractivity contribution in [3.63, 3.8) is 0 Å². The SMILES string of the molecule is C/C([O-])=N\S(=O)(=O)c1ccc(N=NN(C)C)cc1.[K+]. The molecule has 0 aromatic heterocycles. The summed E-state index contributed by atoms with van der Waals surface area (Å²) in [6.45, 7) is 1.08. The summed E-state index contributed by atoms with van der Waals surface area (Å²) in [4.78, 5) is -0.0542. The molecule has 0 N–H and O–H groups in total. The Kier molecular flexibility index (Phi) is 7.94. The van der Waals surface area contributed by atoms with Gasteiger partial charge in [-0.25, -0.2) is 0 Å². The van der Waals surface area contributed by atoms with Crippen molar-refractivity contribution in [2.75, 3.05) is 14.1 Å². The minimum absolute atomic E-state index is 0. The Hall–Kier alpha value is -0.324. The molecule has 0 saturated carbocycles. The van der Waals surface area contributed by atoms with E-state index in [4.69, 9.17) is 0 Å². The first-order valence-corrected chi connectivity index (χ1v) is 6.43. The number of nitrogens with zero attached hydrogens (tertiary/aromatic N) is 4. The molecule has 0 aliphatic rings. The van der Waals surface area contributed by atoms with Crippen LogP contribution in [-0.2, 0) is 10.0 Å². The van der Waals surface area contributed by atoms with Gasteiger partial charge in [0.25, 0.3) is 10.0 Å². The first-order valence-electron chi connectivity index (χ1n) is 4.99. The van der Waals surface area contributed by atoms with Gasteiger partial charge in [0.2, 0.25) is 0 Å². The molecular weight excluding hydrogens is 295 g/mol. The van der Waals surface area contributed by atoms with Crippen molar-refractivity contribution in [3.05, 3.63) is 24.3 Å². The molecular formula is C10H13KN4O3S. The summed E-state index contributed by atoms with van der Waals surface area (Å²) in [5.74, 6) is -0.758. The van der Waals surface area contributed by atoms with Crippen molar-refractivity contribution in [3.8, 4) is 0 Å². The van der Waals surface area contributed by atoms with Crippen LogP contribution in [0.2, 0.25) is 0 Å². The van der Waals surface area contributed by atoms with Crippen molar-refractivity contribution in [1.29, 1.82) is 0 Å². The quantitative estimate of drug-likeness (QED) is 0.206. The summed E-state index contributed by atoms with van der Waals surface area (Å²) < 4.78 is 26.2. The Morgan fingerprint density at radius 2 is 1.74 bits per heavy atom. The largest absolute Gasteiger partial charge is 1.00 e. The summed E-state index contributed by atoms with van der Waals surface area (Å²) in [5, 5.41) is 19.8. The van der Waals surface area contributed by atoms with Crippen LogP contribution in [0.5, 0.6) is 0 Å². The second-order valence-corrected chi connectivity index (χ2v) is 5.22. The molecule has 0 radical (unpaired) electrons. The molecule has 1 rings (SSSR count). The van der Waals surface area contributed by atoms with Crippen LogP contribution < -0.4 is 56.5 Å². The van der Waals surface area contributed by atoms with Crippen molar-refractivity contribution in [2.45, 2.75) is 11.8 Å². The van der Waals surface area contributed by atoms with Crippen LogP contribution >= 0.6 is 0 Å². The van der Waals surface area contributed by atoms with Crippen molar-refractivity contribution >= 4 is 21.6 Å². The predicted octanol–water partition coefficient (Wildman–Crippen LogP) is -2.28. The topological polar surface area (TPSA) is 97.5 Å². The molecule has 0 aliphatic carbocycles. The fraction of sp³-hybridized carbons (Fsp3) is 0.300. The average Bonchev–Trinajstić information content (AvgIpc) is 2.25. The Balaban J connectivity index is 0.00000324. The van der Waals surface area contributed by atoms with Gasteiger partial charge in [-0.1, -0.05) is 5.22 Å². The Labute approximate surface area is 154 Å². The number of benzene rings is 1. The number of sulfonamides is 1. The zero-order valence-corrected chi connectivity index (χ0v) is 15.2. The van der Waals surface area contributed by atoms with E-state index in [9.17, 15) is 13.5 Å². The standard InChI is InChI=1S/C10H14N4O3S.K/c1-8(15)12-18(16,17)10-6-4-9(5-7-10)11-13-14(2)3;/h4-7H,1-3H3,(H,12,15);/q;+1/p-1. The van der Waals surface area contributed by atoms with Gasteiger partial charge in [0.15, 0.2) is 0 Å². The van der Waals surface area contributed by atoms with Gasteiger partial charge < -0.3 is 5.11 Å². The molecule has 0 fully saturated rings. The summed E-state index contributed by atoms with van der Waals surface area (Å²) in [6, 6.07) is 5.61. The fourth-order valence-corrected chi connectivity index (χ4v) is 1.97. The van der Waals surface area contributed by atoms with Crippen LogP contribution in [0.3, 0.4) is 0 Å². The first-order chi connectivity index (χ1) is 8.31. The second kappa shape index (κ2) is 8.07. The van der Waals surface area contributed by atoms with E-state index in [1.165, 1.54) is 29.3 Å². The average molecular weight is 308 g/mol. The van der Waals surface area contributed by atoms with E-state index in [0.717, 1.165) is 6.92 Å². The molecule has 19 heavy (non-hydrogen) atoms. The van der Waals surface area contributed by atoms with Crippen molar-refractivity contribution < 1.29 is 64.9 Å². The third kappa shape index (κ3) is 6.59. The molecule has 0 spiro atoms. The maximum Gasteiger partial charge on any atom is 1.00 e. The molecule has 0 aliphatic heterocycles. The monoisotopic (exact) mass is 308 g/mol. The second-order valence-electron chi connectivity index (χ2n) is 3.62. The summed E-state index contributed by atoms with van der Waals surface area (Å²) in [5.41, 5.74) is 0.505. The minimum atomic E-state index is -3.91. The van der Waals surface area contributed by atoms with E-state index in [-0.39, 0.29) is 56.3 Å². The van der Waals surface area contributed by atoms with Crippen LogP contribution in [0.1, 0.15) is 6.92 Å². The van der Waals surface area contributed by atoms with Crippen molar-refractivity contribution in [2.24, 2.45) is 14.7 Å². The van der Waals surface area contributed by atoms with Crippen LogP contribution in [-0.4, -0.2) is 33.4 Å². The molecule has 0 heterocycles. The molecule has 0 amide bonds. The predicted molar refractivity (Wildman–Crippen MR) is 64.9 cm³/mol. The van der Waals surface area contributed by atoms with Gasteiger partial charge in [0, 0.05) is 14.1 Å². The maximum absolute atomic E-state index is 11.6. The third-order valence-electron chi connectivity index (χ3n) is 1.72. The summed E-state index contributed by atoms with van der Waals surface area (Å²) in [7, 11) is -0.482. The minimum Gasteiger partial charge on any atom is -0.861 e. The molecule has 0 saturated heterocycles. The van der Waals surface area contributed by atoms with Crippen LogP contribution in [0.15, 0.2) is 43.9 Å². The van der Waals surface area contributed by atoms with E-state index in [0.29, 0.717) is 5.69 Å². The molecule has 0 bridgehead atoms. The Morgan fingerprint density at radius 1 is 1.21 bits per heavy atom. The normalized spacial score (nSPS) is 12.3. The van der Waals surface area contributed by atoms with E-state index in [1.807, 2.05) is 0 Å². The zero-order valence-electron chi connectivity index (χ0n) is 11.2. The number of rotatable bonds is 4. The van der Waals surface area contributed by atoms with E-state index < -0.39 is 15.9 Å². The molecule has 1 aromatic carbocycles. The smallest absolute Gasteiger partial charge is 0.861 e. The van der Waals surface area contributed by atoms with Crippen LogP contribution in [0.25, 0.3) is 0 Å². The molecule has 98 valence electrons. The fourth-order valence-electron chi connectivity index (χ4n) is 1.05. The van der Waals surface area contributed by atoms with E-state index in [2.05, 4.69) is 14.7 Å². The third-order valence-corrected chi connectivity index (χ3v) is 3.09. The summed E-state index contributed by atoms with van der Waals surface area (Å²) >= 11 is 0. The van der Waals surface area contributed by atoms with Crippen molar-refractivity contribution in [1.82, 2.24) is 5.01 Å². The van der Waals surface area contributed by atoms with Gasteiger partial charge in [-0.05, 0) is 37.1 Å². The van der Waals surface area contributed by atoms with E-state index >= 15 is 0 Å².